The zero-order valence-corrected chi connectivity index (χ0v) is 15.1. The molecule has 3 rings (SSSR count). The van der Waals surface area contributed by atoms with Gasteiger partial charge < -0.3 is 5.32 Å². The summed E-state index contributed by atoms with van der Waals surface area (Å²) in [6.45, 7) is 2.88. The number of anilines is 1. The van der Waals surface area contributed by atoms with E-state index in [9.17, 15) is 4.79 Å². The van der Waals surface area contributed by atoms with Crippen LogP contribution in [0.3, 0.4) is 0 Å². The van der Waals surface area contributed by atoms with Gasteiger partial charge >= 0.3 is 0 Å². The summed E-state index contributed by atoms with van der Waals surface area (Å²) >= 11 is 4.75. The van der Waals surface area contributed by atoms with E-state index in [2.05, 4.69) is 15.3 Å². The van der Waals surface area contributed by atoms with Gasteiger partial charge in [-0.05, 0) is 6.42 Å². The lowest BCUT2D eigenvalue weighted by Crippen LogP contribution is -2.25. The molecule has 1 amide bonds. The summed E-state index contributed by atoms with van der Waals surface area (Å²) in [6.07, 6.45) is 0.771. The van der Waals surface area contributed by atoms with Gasteiger partial charge in [0, 0.05) is 16.7 Å². The molecule has 1 aliphatic rings. The van der Waals surface area contributed by atoms with Crippen LogP contribution in [-0.2, 0) is 4.79 Å². The summed E-state index contributed by atoms with van der Waals surface area (Å²) in [5.41, 5.74) is 1.95. The predicted octanol–water partition coefficient (Wildman–Crippen LogP) is 4.36. The molecule has 1 N–H and O–H groups in total. The highest BCUT2D eigenvalue weighted by Crippen LogP contribution is 2.29. The Morgan fingerprint density at radius 1 is 1.39 bits per heavy atom. The van der Waals surface area contributed by atoms with Gasteiger partial charge in [-0.2, -0.15) is 0 Å². The summed E-state index contributed by atoms with van der Waals surface area (Å²) in [5, 5.41) is 5.43. The third kappa shape index (κ3) is 4.37. The lowest BCUT2D eigenvalue weighted by molar-refractivity contribution is -0.115. The smallest absolute Gasteiger partial charge is 0.239 e. The topological polar surface area (TPSA) is 54.4 Å². The number of thioether (sulfide) groups is 2. The molecule has 1 unspecified atom stereocenters. The second kappa shape index (κ2) is 7.99. The number of hydrogen-bond acceptors (Lipinski definition) is 6. The molecule has 2 aromatic rings. The third-order valence-corrected chi connectivity index (χ3v) is 6.59. The van der Waals surface area contributed by atoms with E-state index in [-0.39, 0.29) is 11.2 Å². The number of nitrogens with one attached hydrogen (secondary N) is 1. The molecule has 23 heavy (non-hydrogen) atoms. The van der Waals surface area contributed by atoms with Crippen LogP contribution in [0, 0.1) is 0 Å². The fraction of sp³-hybridized carbons (Fsp3) is 0.312. The van der Waals surface area contributed by atoms with Crippen molar-refractivity contribution in [2.45, 2.75) is 18.6 Å². The first-order chi connectivity index (χ1) is 11.3. The van der Waals surface area contributed by atoms with Gasteiger partial charge in [0.2, 0.25) is 5.91 Å². The van der Waals surface area contributed by atoms with E-state index in [1.165, 1.54) is 11.3 Å². The van der Waals surface area contributed by atoms with Gasteiger partial charge in [-0.3, -0.25) is 9.79 Å². The molecule has 1 aliphatic heterocycles. The van der Waals surface area contributed by atoms with E-state index in [0.29, 0.717) is 5.13 Å². The predicted molar refractivity (Wildman–Crippen MR) is 103 cm³/mol. The molecule has 0 aliphatic carbocycles. The molecule has 0 bridgehead atoms. The molecule has 0 fully saturated rings. The first-order valence-corrected chi connectivity index (χ1v) is 10.2. The van der Waals surface area contributed by atoms with Crippen molar-refractivity contribution in [3.8, 4) is 11.3 Å². The Morgan fingerprint density at radius 3 is 2.91 bits per heavy atom. The molecule has 1 aromatic heterocycles. The molecule has 1 atom stereocenters. The molecular formula is C16H17N3OS3. The Bertz CT molecular complexity index is 700. The monoisotopic (exact) mass is 363 g/mol. The van der Waals surface area contributed by atoms with Crippen molar-refractivity contribution in [1.29, 1.82) is 0 Å². The second-order valence-electron chi connectivity index (χ2n) is 4.90. The van der Waals surface area contributed by atoms with E-state index >= 15 is 0 Å². The second-order valence-corrected chi connectivity index (χ2v) is 8.30. The fourth-order valence-electron chi connectivity index (χ4n) is 2.09. The molecule has 4 nitrogen and oxygen atoms in total. The first kappa shape index (κ1) is 16.5. The number of thiazole rings is 1. The molecule has 2 heterocycles. The number of hydrogen-bond donors (Lipinski definition) is 1. The van der Waals surface area contributed by atoms with E-state index in [1.807, 2.05) is 42.6 Å². The zero-order valence-electron chi connectivity index (χ0n) is 12.7. The largest absolute Gasteiger partial charge is 0.301 e. The van der Waals surface area contributed by atoms with Crippen LogP contribution >= 0.6 is 34.9 Å². The SMILES string of the molecule is CCC(SC1=NCCS1)C(=O)Nc1nc(-c2ccccc2)cs1. The molecular weight excluding hydrogens is 346 g/mol. The van der Waals surface area contributed by atoms with Crippen LogP contribution in [0.25, 0.3) is 11.3 Å². The van der Waals surface area contributed by atoms with Crippen LogP contribution in [0.4, 0.5) is 5.13 Å². The van der Waals surface area contributed by atoms with Gasteiger partial charge in [-0.15, -0.1) is 11.3 Å². The van der Waals surface area contributed by atoms with Gasteiger partial charge in [-0.1, -0.05) is 60.8 Å². The van der Waals surface area contributed by atoms with Crippen molar-refractivity contribution in [2.24, 2.45) is 4.99 Å². The van der Waals surface area contributed by atoms with Crippen LogP contribution < -0.4 is 5.32 Å². The number of amides is 1. The van der Waals surface area contributed by atoms with Crippen LogP contribution in [0.15, 0.2) is 40.7 Å². The van der Waals surface area contributed by atoms with E-state index in [4.69, 9.17) is 0 Å². The lowest BCUT2D eigenvalue weighted by Gasteiger charge is -2.12. The summed E-state index contributed by atoms with van der Waals surface area (Å²) in [7, 11) is 0. The summed E-state index contributed by atoms with van der Waals surface area (Å²) < 4.78 is 1.02. The highest BCUT2D eigenvalue weighted by Gasteiger charge is 2.22. The number of rotatable bonds is 5. The summed E-state index contributed by atoms with van der Waals surface area (Å²) in [4.78, 5) is 21.4. The van der Waals surface area contributed by atoms with Crippen molar-refractivity contribution in [3.05, 3.63) is 35.7 Å². The number of aliphatic imine (C=N–C) groups is 1. The highest BCUT2D eigenvalue weighted by atomic mass is 32.2. The Labute approximate surface area is 148 Å². The van der Waals surface area contributed by atoms with Crippen molar-refractivity contribution in [2.75, 3.05) is 17.6 Å². The normalized spacial score (nSPS) is 15.3. The van der Waals surface area contributed by atoms with Gasteiger partial charge in [0.15, 0.2) is 5.13 Å². The number of aromatic nitrogens is 1. The minimum Gasteiger partial charge on any atom is -0.301 e. The van der Waals surface area contributed by atoms with Crippen molar-refractivity contribution in [1.82, 2.24) is 4.98 Å². The van der Waals surface area contributed by atoms with Gasteiger partial charge in [0.25, 0.3) is 0 Å². The molecule has 0 radical (unpaired) electrons. The maximum Gasteiger partial charge on any atom is 0.239 e. The Balaban J connectivity index is 1.64. The van der Waals surface area contributed by atoms with E-state index in [1.54, 1.807) is 23.5 Å². The Hall–Kier alpha value is -1.31. The van der Waals surface area contributed by atoms with Crippen LogP contribution in [0.2, 0.25) is 0 Å². The molecule has 0 saturated carbocycles. The van der Waals surface area contributed by atoms with E-state index < -0.39 is 0 Å². The first-order valence-electron chi connectivity index (χ1n) is 7.42. The van der Waals surface area contributed by atoms with Crippen molar-refractivity contribution in [3.63, 3.8) is 0 Å². The maximum absolute atomic E-state index is 12.4. The molecule has 1 aromatic carbocycles. The molecule has 0 spiro atoms. The minimum atomic E-state index is -0.122. The van der Waals surface area contributed by atoms with Crippen LogP contribution in [0.5, 0.6) is 0 Å². The lowest BCUT2D eigenvalue weighted by atomic mass is 10.2. The maximum atomic E-state index is 12.4. The van der Waals surface area contributed by atoms with Crippen molar-refractivity contribution >= 4 is 50.3 Å². The third-order valence-electron chi connectivity index (χ3n) is 3.27. The fourth-order valence-corrected chi connectivity index (χ4v) is 4.96. The standard InChI is InChI=1S/C16H17N3OS3/c1-2-13(23-16-17-8-9-21-16)14(20)19-15-18-12(10-22-15)11-6-4-3-5-7-11/h3-7,10,13H,2,8-9H2,1H3,(H,18,19,20). The minimum absolute atomic E-state index is 0.00154. The zero-order chi connectivity index (χ0) is 16.1. The number of benzene rings is 1. The molecule has 7 heteroatoms. The van der Waals surface area contributed by atoms with Gasteiger partial charge in [0.1, 0.15) is 4.38 Å². The van der Waals surface area contributed by atoms with Crippen molar-refractivity contribution < 1.29 is 4.79 Å². The summed E-state index contributed by atoms with van der Waals surface area (Å²) in [6, 6.07) is 9.97. The van der Waals surface area contributed by atoms with Gasteiger partial charge in [-0.25, -0.2) is 4.98 Å². The molecule has 0 saturated heterocycles. The number of nitrogens with zero attached hydrogens (tertiary/aromatic N) is 2. The average Bonchev–Trinajstić information content (AvgIpc) is 3.25. The van der Waals surface area contributed by atoms with Crippen LogP contribution in [0.1, 0.15) is 13.3 Å². The quantitative estimate of drug-likeness (QED) is 0.857. The Morgan fingerprint density at radius 2 is 2.22 bits per heavy atom. The Kier molecular flexibility index (Phi) is 5.75. The van der Waals surface area contributed by atoms with E-state index in [0.717, 1.165) is 34.4 Å². The molecule has 120 valence electrons. The number of carbonyl (C=O) groups excluding carboxylic acids is 1. The summed E-state index contributed by atoms with van der Waals surface area (Å²) in [5.74, 6) is 1.02. The van der Waals surface area contributed by atoms with Gasteiger partial charge in [0.05, 0.1) is 17.5 Å². The average molecular weight is 364 g/mol. The highest BCUT2D eigenvalue weighted by molar-refractivity contribution is 8.39. The number of carbonyl (C=O) groups is 1. The van der Waals surface area contributed by atoms with Crippen LogP contribution in [-0.4, -0.2) is 32.8 Å².